The van der Waals surface area contributed by atoms with Gasteiger partial charge in [-0.3, -0.25) is 4.79 Å². The summed E-state index contributed by atoms with van der Waals surface area (Å²) < 4.78 is 5.49. The number of thiophene rings is 1. The molecule has 0 saturated heterocycles. The van der Waals surface area contributed by atoms with Crippen LogP contribution in [0.2, 0.25) is 0 Å². The summed E-state index contributed by atoms with van der Waals surface area (Å²) in [6.45, 7) is 0.593. The fourth-order valence-electron chi connectivity index (χ4n) is 2.42. The Balaban J connectivity index is 1.51. The van der Waals surface area contributed by atoms with Crippen molar-refractivity contribution in [3.05, 3.63) is 77.7 Å². The Morgan fingerprint density at radius 3 is 2.54 bits per heavy atom. The first-order valence-electron chi connectivity index (χ1n) is 7.87. The molecule has 0 aliphatic heterocycles. The Bertz CT molecular complexity index is 769. The van der Waals surface area contributed by atoms with Gasteiger partial charge in [0, 0.05) is 16.1 Å². The van der Waals surface area contributed by atoms with Gasteiger partial charge in [0.1, 0.15) is 6.61 Å². The zero-order chi connectivity index (χ0) is 16.6. The molecule has 0 saturated carbocycles. The maximum Gasteiger partial charge on any atom is 0.250 e. The lowest BCUT2D eigenvalue weighted by molar-refractivity contribution is -0.120. The third-order valence-electron chi connectivity index (χ3n) is 3.60. The molecule has 24 heavy (non-hydrogen) atoms. The van der Waals surface area contributed by atoms with Gasteiger partial charge >= 0.3 is 0 Å². The van der Waals surface area contributed by atoms with Crippen LogP contribution in [0.3, 0.4) is 0 Å². The Hall–Kier alpha value is -2.43. The van der Waals surface area contributed by atoms with Gasteiger partial charge in [0.2, 0.25) is 5.91 Å². The van der Waals surface area contributed by atoms with Gasteiger partial charge in [0.25, 0.3) is 0 Å². The molecule has 0 fully saturated rings. The molecule has 3 nitrogen and oxygen atoms in total. The number of ether oxygens (including phenoxy) is 1. The van der Waals surface area contributed by atoms with E-state index in [1.165, 1.54) is 5.56 Å². The highest BCUT2D eigenvalue weighted by molar-refractivity contribution is 7.13. The van der Waals surface area contributed by atoms with Crippen LogP contribution >= 0.6 is 11.3 Å². The van der Waals surface area contributed by atoms with Gasteiger partial charge in [-0.15, -0.1) is 11.3 Å². The van der Waals surface area contributed by atoms with Crippen molar-refractivity contribution in [1.82, 2.24) is 0 Å². The average Bonchev–Trinajstić information content (AvgIpc) is 3.15. The summed E-state index contributed by atoms with van der Waals surface area (Å²) in [7, 11) is 0. The van der Waals surface area contributed by atoms with Crippen LogP contribution in [0.5, 0.6) is 0 Å². The van der Waals surface area contributed by atoms with Crippen LogP contribution in [0.15, 0.2) is 72.1 Å². The van der Waals surface area contributed by atoms with Gasteiger partial charge in [-0.2, -0.15) is 0 Å². The first-order chi connectivity index (χ1) is 11.8. The number of carbonyl (C=O) groups is 1. The van der Waals surface area contributed by atoms with E-state index in [1.807, 2.05) is 60.0 Å². The molecule has 0 aliphatic rings. The second kappa shape index (κ2) is 8.43. The van der Waals surface area contributed by atoms with Gasteiger partial charge < -0.3 is 10.1 Å². The number of carbonyl (C=O) groups excluding carboxylic acids is 1. The number of hydrogen-bond donors (Lipinski definition) is 1. The number of amides is 1. The smallest absolute Gasteiger partial charge is 0.250 e. The van der Waals surface area contributed by atoms with Crippen LogP contribution in [0, 0.1) is 0 Å². The zero-order valence-corrected chi connectivity index (χ0v) is 14.1. The molecule has 1 aromatic heterocycles. The molecule has 0 bridgehead atoms. The lowest BCUT2D eigenvalue weighted by Gasteiger charge is -2.10. The first kappa shape index (κ1) is 16.4. The molecule has 1 heterocycles. The monoisotopic (exact) mass is 337 g/mol. The summed E-state index contributed by atoms with van der Waals surface area (Å²) in [5.74, 6) is -0.132. The summed E-state index contributed by atoms with van der Waals surface area (Å²) in [5, 5.41) is 4.97. The number of para-hydroxylation sites is 1. The molecule has 0 atom stereocenters. The van der Waals surface area contributed by atoms with Crippen LogP contribution in [0.25, 0.3) is 10.4 Å². The average molecular weight is 337 g/mol. The minimum atomic E-state index is -0.132. The van der Waals surface area contributed by atoms with Crippen LogP contribution in [0.4, 0.5) is 5.69 Å². The van der Waals surface area contributed by atoms with Gasteiger partial charge in [0.05, 0.1) is 6.61 Å². The fraction of sp³-hybridized carbons (Fsp3) is 0.150. The molecule has 3 rings (SSSR count). The number of nitrogens with one attached hydrogen (secondary N) is 1. The maximum absolute atomic E-state index is 12.1. The zero-order valence-electron chi connectivity index (χ0n) is 13.3. The highest BCUT2D eigenvalue weighted by atomic mass is 32.1. The summed E-state index contributed by atoms with van der Waals surface area (Å²) in [4.78, 5) is 13.2. The predicted octanol–water partition coefficient (Wildman–Crippen LogP) is 4.61. The van der Waals surface area contributed by atoms with E-state index >= 15 is 0 Å². The van der Waals surface area contributed by atoms with Crippen molar-refractivity contribution in [3.63, 3.8) is 0 Å². The van der Waals surface area contributed by atoms with E-state index in [0.717, 1.165) is 22.5 Å². The van der Waals surface area contributed by atoms with E-state index < -0.39 is 0 Å². The van der Waals surface area contributed by atoms with Crippen molar-refractivity contribution in [3.8, 4) is 10.4 Å². The number of rotatable bonds is 7. The molecule has 4 heteroatoms. The second-order valence-electron chi connectivity index (χ2n) is 5.36. The van der Waals surface area contributed by atoms with E-state index in [1.54, 1.807) is 11.3 Å². The van der Waals surface area contributed by atoms with Crippen LogP contribution in [-0.2, 0) is 16.0 Å². The van der Waals surface area contributed by atoms with Crippen molar-refractivity contribution in [2.24, 2.45) is 0 Å². The van der Waals surface area contributed by atoms with Crippen molar-refractivity contribution >= 4 is 22.9 Å². The highest BCUT2D eigenvalue weighted by Gasteiger charge is 2.09. The van der Waals surface area contributed by atoms with Crippen molar-refractivity contribution in [1.29, 1.82) is 0 Å². The van der Waals surface area contributed by atoms with E-state index in [-0.39, 0.29) is 12.5 Å². The molecule has 1 N–H and O–H groups in total. The minimum Gasteiger partial charge on any atom is -0.371 e. The van der Waals surface area contributed by atoms with Crippen LogP contribution in [-0.4, -0.2) is 19.1 Å². The molecular weight excluding hydrogens is 318 g/mol. The topological polar surface area (TPSA) is 38.3 Å². The summed E-state index contributed by atoms with van der Waals surface area (Å²) in [6.07, 6.45) is 0.805. The molecule has 1 amide bonds. The van der Waals surface area contributed by atoms with Crippen LogP contribution in [0.1, 0.15) is 5.56 Å². The Morgan fingerprint density at radius 1 is 0.958 bits per heavy atom. The number of benzene rings is 2. The largest absolute Gasteiger partial charge is 0.371 e. The first-order valence-corrected chi connectivity index (χ1v) is 8.75. The number of anilines is 1. The predicted molar refractivity (Wildman–Crippen MR) is 99.3 cm³/mol. The normalized spacial score (nSPS) is 10.5. The Kier molecular flexibility index (Phi) is 5.77. The van der Waals surface area contributed by atoms with Gasteiger partial charge in [-0.1, -0.05) is 54.6 Å². The minimum absolute atomic E-state index is 0.0611. The molecule has 2 aromatic carbocycles. The third-order valence-corrected chi connectivity index (χ3v) is 4.50. The van der Waals surface area contributed by atoms with Crippen molar-refractivity contribution < 1.29 is 9.53 Å². The van der Waals surface area contributed by atoms with Gasteiger partial charge in [0.15, 0.2) is 0 Å². The van der Waals surface area contributed by atoms with E-state index in [0.29, 0.717) is 6.61 Å². The summed E-state index contributed by atoms with van der Waals surface area (Å²) in [5.41, 5.74) is 3.06. The van der Waals surface area contributed by atoms with E-state index in [4.69, 9.17) is 4.74 Å². The third kappa shape index (κ3) is 4.54. The van der Waals surface area contributed by atoms with E-state index in [2.05, 4.69) is 17.4 Å². The number of hydrogen-bond acceptors (Lipinski definition) is 3. The quantitative estimate of drug-likeness (QED) is 0.639. The summed E-state index contributed by atoms with van der Waals surface area (Å²) >= 11 is 1.65. The van der Waals surface area contributed by atoms with Crippen molar-refractivity contribution in [2.45, 2.75) is 6.42 Å². The highest BCUT2D eigenvalue weighted by Crippen LogP contribution is 2.31. The molecular formula is C20H19NO2S. The van der Waals surface area contributed by atoms with E-state index in [9.17, 15) is 4.79 Å². The SMILES string of the molecule is O=C(COCCc1ccccc1)Nc1ccccc1-c1cccs1. The molecule has 3 aromatic rings. The van der Waals surface area contributed by atoms with Gasteiger partial charge in [-0.05, 0) is 29.5 Å². The maximum atomic E-state index is 12.1. The Morgan fingerprint density at radius 2 is 1.75 bits per heavy atom. The molecule has 0 spiro atoms. The van der Waals surface area contributed by atoms with Gasteiger partial charge in [-0.25, -0.2) is 0 Å². The summed E-state index contributed by atoms with van der Waals surface area (Å²) in [6, 6.07) is 22.0. The lowest BCUT2D eigenvalue weighted by Crippen LogP contribution is -2.19. The molecule has 0 unspecified atom stereocenters. The second-order valence-corrected chi connectivity index (χ2v) is 6.31. The lowest BCUT2D eigenvalue weighted by atomic mass is 10.1. The van der Waals surface area contributed by atoms with Crippen molar-refractivity contribution in [2.75, 3.05) is 18.5 Å². The van der Waals surface area contributed by atoms with Crippen LogP contribution < -0.4 is 5.32 Å². The Labute approximate surface area is 145 Å². The molecule has 0 aliphatic carbocycles. The molecule has 122 valence electrons. The standard InChI is InChI=1S/C20H19NO2S/c22-20(15-23-13-12-16-7-2-1-3-8-16)21-18-10-5-4-9-17(18)19-11-6-14-24-19/h1-11,14H,12-13,15H2,(H,21,22). The fourth-order valence-corrected chi connectivity index (χ4v) is 3.19. The molecule has 0 radical (unpaired) electrons.